The molecule has 0 bridgehead atoms. The van der Waals surface area contributed by atoms with Gasteiger partial charge in [-0.3, -0.25) is 19.3 Å². The number of fused-ring (bicyclic) bond motifs is 1. The number of piperazine rings is 1. The second-order valence-corrected chi connectivity index (χ2v) is 12.1. The predicted octanol–water partition coefficient (Wildman–Crippen LogP) is 3.88. The van der Waals surface area contributed by atoms with E-state index in [1.807, 2.05) is 37.8 Å². The van der Waals surface area contributed by atoms with Crippen molar-refractivity contribution in [3.63, 3.8) is 0 Å². The van der Waals surface area contributed by atoms with Gasteiger partial charge in [0.1, 0.15) is 5.82 Å². The highest BCUT2D eigenvalue weighted by Gasteiger charge is 2.33. The van der Waals surface area contributed by atoms with Crippen molar-refractivity contribution in [2.45, 2.75) is 65.0 Å². The van der Waals surface area contributed by atoms with Crippen LogP contribution in [0.25, 0.3) is 10.8 Å². The lowest BCUT2D eigenvalue weighted by Gasteiger charge is -2.43. The second-order valence-electron chi connectivity index (χ2n) is 12.1. The lowest BCUT2D eigenvalue weighted by molar-refractivity contribution is -0.141. The van der Waals surface area contributed by atoms with E-state index >= 15 is 0 Å². The number of aromatic nitrogens is 2. The van der Waals surface area contributed by atoms with Crippen molar-refractivity contribution < 1.29 is 14.0 Å². The van der Waals surface area contributed by atoms with Crippen molar-refractivity contribution >= 4 is 22.6 Å². The fourth-order valence-corrected chi connectivity index (χ4v) is 5.97. The van der Waals surface area contributed by atoms with E-state index in [4.69, 9.17) is 0 Å². The van der Waals surface area contributed by atoms with Gasteiger partial charge in [0.25, 0.3) is 11.5 Å². The van der Waals surface area contributed by atoms with Crippen molar-refractivity contribution in [2.75, 3.05) is 26.2 Å². The zero-order valence-electron chi connectivity index (χ0n) is 23.5. The van der Waals surface area contributed by atoms with Gasteiger partial charge in [-0.2, -0.15) is 5.10 Å². The highest BCUT2D eigenvalue weighted by atomic mass is 19.1. The summed E-state index contributed by atoms with van der Waals surface area (Å²) in [6, 6.07) is 12.2. The molecular formula is C31H38FN5O3. The molecule has 212 valence electrons. The smallest absolute Gasteiger partial charge is 0.272 e. The molecule has 1 saturated heterocycles. The summed E-state index contributed by atoms with van der Waals surface area (Å²) >= 11 is 0. The maximum Gasteiger partial charge on any atom is 0.272 e. The molecule has 1 saturated carbocycles. The fourth-order valence-electron chi connectivity index (χ4n) is 5.97. The van der Waals surface area contributed by atoms with Gasteiger partial charge in [0.2, 0.25) is 5.91 Å². The van der Waals surface area contributed by atoms with Crippen LogP contribution in [0.15, 0.2) is 47.3 Å². The van der Waals surface area contributed by atoms with E-state index in [9.17, 15) is 18.8 Å². The molecule has 0 atom stereocenters. The summed E-state index contributed by atoms with van der Waals surface area (Å²) in [4.78, 5) is 42.2. The van der Waals surface area contributed by atoms with Crippen LogP contribution in [0.5, 0.6) is 0 Å². The van der Waals surface area contributed by atoms with Crippen LogP contribution in [0.4, 0.5) is 4.39 Å². The Morgan fingerprint density at radius 2 is 1.68 bits per heavy atom. The standard InChI is InChI=1S/C31H38FN5O3/c1-31(2,3)30(40)37-16-14-36(15-17-37)22-11-9-21(10-12-22)33-28(38)25-18-20(8-13-26(25)32)19-27-23-6-4-5-7-24(23)29(39)35-34-27/h4-8,13,18,21-22H,9-12,14-17,19H2,1-3H3,(H,33,38)(H,35,39). The topological polar surface area (TPSA) is 98.4 Å². The van der Waals surface area contributed by atoms with Gasteiger partial charge in [-0.1, -0.05) is 45.0 Å². The Kier molecular flexibility index (Phi) is 8.03. The van der Waals surface area contributed by atoms with Crippen molar-refractivity contribution in [1.82, 2.24) is 25.3 Å². The molecule has 2 aromatic carbocycles. The molecule has 2 heterocycles. The Morgan fingerprint density at radius 3 is 2.35 bits per heavy atom. The van der Waals surface area contributed by atoms with Crippen molar-refractivity contribution in [3.05, 3.63) is 75.5 Å². The highest BCUT2D eigenvalue weighted by molar-refractivity contribution is 5.95. The molecule has 9 heteroatoms. The number of hydrogen-bond acceptors (Lipinski definition) is 5. The minimum Gasteiger partial charge on any atom is -0.349 e. The van der Waals surface area contributed by atoms with Gasteiger partial charge in [0, 0.05) is 55.5 Å². The summed E-state index contributed by atoms with van der Waals surface area (Å²) in [6.45, 7) is 9.15. The fraction of sp³-hybridized carbons (Fsp3) is 0.484. The van der Waals surface area contributed by atoms with Crippen molar-refractivity contribution in [3.8, 4) is 0 Å². The molecule has 1 aliphatic heterocycles. The minimum absolute atomic E-state index is 0.000345. The molecule has 0 spiro atoms. The highest BCUT2D eigenvalue weighted by Crippen LogP contribution is 2.26. The molecule has 2 fully saturated rings. The summed E-state index contributed by atoms with van der Waals surface area (Å²) < 4.78 is 14.7. The van der Waals surface area contributed by atoms with E-state index < -0.39 is 11.7 Å². The van der Waals surface area contributed by atoms with Gasteiger partial charge in [-0.25, -0.2) is 9.49 Å². The van der Waals surface area contributed by atoms with E-state index in [0.29, 0.717) is 23.5 Å². The average Bonchev–Trinajstić information content (AvgIpc) is 2.95. The second kappa shape index (κ2) is 11.5. The number of H-pyrrole nitrogens is 1. The first-order valence-corrected chi connectivity index (χ1v) is 14.2. The maximum atomic E-state index is 14.7. The zero-order chi connectivity index (χ0) is 28.4. The van der Waals surface area contributed by atoms with Crippen LogP contribution in [-0.2, 0) is 11.2 Å². The van der Waals surface area contributed by atoms with Crippen molar-refractivity contribution in [1.29, 1.82) is 0 Å². The van der Waals surface area contributed by atoms with Gasteiger partial charge < -0.3 is 10.2 Å². The number of rotatable bonds is 5. The monoisotopic (exact) mass is 547 g/mol. The van der Waals surface area contributed by atoms with Crippen molar-refractivity contribution in [2.24, 2.45) is 5.41 Å². The first-order chi connectivity index (χ1) is 19.1. The molecule has 0 radical (unpaired) electrons. The SMILES string of the molecule is CC(C)(C)C(=O)N1CCN(C2CCC(NC(=O)c3cc(Cc4n[nH]c(=O)c5ccccc45)ccc3F)CC2)CC1. The number of aromatic amines is 1. The van der Waals surface area contributed by atoms with Gasteiger partial charge in [0.05, 0.1) is 16.6 Å². The Bertz CT molecular complexity index is 1450. The van der Waals surface area contributed by atoms with E-state index in [0.717, 1.165) is 62.8 Å². The summed E-state index contributed by atoms with van der Waals surface area (Å²) in [5.74, 6) is -0.758. The number of halogens is 1. The number of hydrogen-bond donors (Lipinski definition) is 2. The summed E-state index contributed by atoms with van der Waals surface area (Å²) in [6.07, 6.45) is 3.97. The lowest BCUT2D eigenvalue weighted by Crippen LogP contribution is -2.55. The van der Waals surface area contributed by atoms with Crippen LogP contribution < -0.4 is 10.9 Å². The van der Waals surface area contributed by atoms with Gasteiger partial charge in [-0.05, 0) is 49.4 Å². The van der Waals surface area contributed by atoms with Crippen LogP contribution in [-0.4, -0.2) is 70.1 Å². The third kappa shape index (κ3) is 6.09. The number of carbonyl (C=O) groups is 2. The molecule has 40 heavy (non-hydrogen) atoms. The molecule has 1 aromatic heterocycles. The van der Waals surface area contributed by atoms with Crippen LogP contribution >= 0.6 is 0 Å². The molecule has 3 aromatic rings. The summed E-state index contributed by atoms with van der Waals surface area (Å²) in [5, 5.41) is 11.1. The Labute approximate surface area is 233 Å². The van der Waals surface area contributed by atoms with Gasteiger partial charge in [-0.15, -0.1) is 0 Å². The van der Waals surface area contributed by atoms with Crippen LogP contribution in [0.3, 0.4) is 0 Å². The van der Waals surface area contributed by atoms with E-state index in [1.54, 1.807) is 24.3 Å². The number of carbonyl (C=O) groups excluding carboxylic acids is 2. The maximum absolute atomic E-state index is 14.7. The molecule has 1 aliphatic carbocycles. The van der Waals surface area contributed by atoms with E-state index in [-0.39, 0.29) is 28.5 Å². The molecule has 2 N–H and O–H groups in total. The number of benzene rings is 2. The third-order valence-electron chi connectivity index (χ3n) is 8.21. The molecule has 2 aliphatic rings. The van der Waals surface area contributed by atoms with E-state index in [1.165, 1.54) is 6.07 Å². The number of nitrogens with zero attached hydrogens (tertiary/aromatic N) is 3. The first kappa shape index (κ1) is 28.0. The average molecular weight is 548 g/mol. The predicted molar refractivity (Wildman–Crippen MR) is 153 cm³/mol. The van der Waals surface area contributed by atoms with E-state index in [2.05, 4.69) is 20.4 Å². The summed E-state index contributed by atoms with van der Waals surface area (Å²) in [5.41, 5.74) is 0.808. The minimum atomic E-state index is -0.558. The molecular weight excluding hydrogens is 509 g/mol. The largest absolute Gasteiger partial charge is 0.349 e. The Morgan fingerprint density at radius 1 is 1.00 bits per heavy atom. The molecule has 0 unspecified atom stereocenters. The summed E-state index contributed by atoms with van der Waals surface area (Å²) in [7, 11) is 0. The van der Waals surface area contributed by atoms with Gasteiger partial charge in [0.15, 0.2) is 0 Å². The molecule has 5 rings (SSSR count). The number of nitrogens with one attached hydrogen (secondary N) is 2. The Balaban J connectivity index is 1.17. The molecule has 8 nitrogen and oxygen atoms in total. The van der Waals surface area contributed by atoms with Gasteiger partial charge >= 0.3 is 0 Å². The lowest BCUT2D eigenvalue weighted by atomic mass is 9.89. The number of amides is 2. The quantitative estimate of drug-likeness (QED) is 0.505. The van der Waals surface area contributed by atoms with Crippen LogP contribution in [0, 0.1) is 11.2 Å². The first-order valence-electron chi connectivity index (χ1n) is 14.2. The molecule has 2 amide bonds. The Hall–Kier alpha value is -3.59. The van der Waals surface area contributed by atoms with Crippen LogP contribution in [0.2, 0.25) is 0 Å². The zero-order valence-corrected chi connectivity index (χ0v) is 23.5. The van der Waals surface area contributed by atoms with Crippen LogP contribution in [0.1, 0.15) is 68.1 Å². The normalized spacial score (nSPS) is 20.4. The third-order valence-corrected chi connectivity index (χ3v) is 8.21.